The van der Waals surface area contributed by atoms with Crippen molar-refractivity contribution in [3.8, 4) is 0 Å². The molecule has 1 aromatic rings. The van der Waals surface area contributed by atoms with Gasteiger partial charge in [-0.3, -0.25) is 0 Å². The summed E-state index contributed by atoms with van der Waals surface area (Å²) >= 11 is 0. The molecule has 2 N–H and O–H groups in total. The zero-order valence-electron chi connectivity index (χ0n) is 7.27. The molecule has 4 nitrogen and oxygen atoms in total. The van der Waals surface area contributed by atoms with Crippen LogP contribution in [0.3, 0.4) is 0 Å². The van der Waals surface area contributed by atoms with Crippen molar-refractivity contribution >= 4 is 0 Å². The molecule has 1 fully saturated rings. The van der Waals surface area contributed by atoms with E-state index in [1.165, 1.54) is 0 Å². The molecule has 0 saturated carbocycles. The van der Waals surface area contributed by atoms with E-state index in [0.717, 1.165) is 5.56 Å². The van der Waals surface area contributed by atoms with Crippen molar-refractivity contribution in [3.05, 3.63) is 24.2 Å². The molecule has 13 heavy (non-hydrogen) atoms. The van der Waals surface area contributed by atoms with E-state index in [1.807, 2.05) is 6.07 Å². The van der Waals surface area contributed by atoms with Gasteiger partial charge in [0.05, 0.1) is 37.9 Å². The predicted molar refractivity (Wildman–Crippen MR) is 46.2 cm³/mol. The van der Waals surface area contributed by atoms with Crippen LogP contribution in [0, 0.1) is 0 Å². The second-order valence-corrected chi connectivity index (χ2v) is 3.22. The van der Waals surface area contributed by atoms with E-state index in [9.17, 15) is 5.11 Å². The van der Waals surface area contributed by atoms with E-state index in [4.69, 9.17) is 9.15 Å². The number of aliphatic hydroxyl groups is 1. The van der Waals surface area contributed by atoms with Gasteiger partial charge in [-0.2, -0.15) is 0 Å². The third kappa shape index (κ3) is 2.09. The number of furan rings is 1. The Kier molecular flexibility index (Phi) is 2.63. The molecule has 0 aliphatic carbocycles. The summed E-state index contributed by atoms with van der Waals surface area (Å²) < 4.78 is 10.0. The highest BCUT2D eigenvalue weighted by atomic mass is 16.5. The van der Waals surface area contributed by atoms with Crippen molar-refractivity contribution in [3.63, 3.8) is 0 Å². The van der Waals surface area contributed by atoms with Crippen LogP contribution in [0.15, 0.2) is 23.0 Å². The van der Waals surface area contributed by atoms with E-state index in [2.05, 4.69) is 5.32 Å². The molecule has 0 bridgehead atoms. The molecule has 2 atom stereocenters. The minimum Gasteiger partial charge on any atom is -0.472 e. The second kappa shape index (κ2) is 3.91. The first-order valence-electron chi connectivity index (χ1n) is 4.36. The van der Waals surface area contributed by atoms with Gasteiger partial charge in [-0.15, -0.1) is 0 Å². The van der Waals surface area contributed by atoms with E-state index in [0.29, 0.717) is 19.8 Å². The fourth-order valence-corrected chi connectivity index (χ4v) is 1.38. The van der Waals surface area contributed by atoms with E-state index in [1.54, 1.807) is 12.5 Å². The summed E-state index contributed by atoms with van der Waals surface area (Å²) in [6, 6.07) is 1.95. The highest BCUT2D eigenvalue weighted by molar-refractivity contribution is 5.05. The molecule has 2 heterocycles. The summed E-state index contributed by atoms with van der Waals surface area (Å²) in [6.07, 6.45) is 2.94. The molecular weight excluding hydrogens is 170 g/mol. The quantitative estimate of drug-likeness (QED) is 0.699. The summed E-state index contributed by atoms with van der Waals surface area (Å²) in [5, 5.41) is 12.6. The van der Waals surface area contributed by atoms with E-state index >= 15 is 0 Å². The van der Waals surface area contributed by atoms with Crippen LogP contribution in [0.1, 0.15) is 5.56 Å². The molecule has 72 valence electrons. The number of nitrogens with one attached hydrogen (secondary N) is 1. The average molecular weight is 183 g/mol. The van der Waals surface area contributed by atoms with Gasteiger partial charge in [0.25, 0.3) is 0 Å². The zero-order chi connectivity index (χ0) is 9.10. The number of hydrogen-bond donors (Lipinski definition) is 2. The van der Waals surface area contributed by atoms with Crippen LogP contribution in [0.5, 0.6) is 0 Å². The van der Waals surface area contributed by atoms with Gasteiger partial charge in [0.15, 0.2) is 0 Å². The summed E-state index contributed by atoms with van der Waals surface area (Å²) in [4.78, 5) is 0. The molecule has 2 unspecified atom stereocenters. The topological polar surface area (TPSA) is 54.6 Å². The van der Waals surface area contributed by atoms with Gasteiger partial charge >= 0.3 is 0 Å². The number of hydrogen-bond acceptors (Lipinski definition) is 4. The lowest BCUT2D eigenvalue weighted by atomic mass is 10.2. The van der Waals surface area contributed by atoms with Crippen molar-refractivity contribution in [2.45, 2.75) is 18.7 Å². The molecule has 1 saturated heterocycles. The van der Waals surface area contributed by atoms with Gasteiger partial charge in [0, 0.05) is 12.1 Å². The second-order valence-electron chi connectivity index (χ2n) is 3.22. The van der Waals surface area contributed by atoms with Crippen LogP contribution in [0.2, 0.25) is 0 Å². The lowest BCUT2D eigenvalue weighted by molar-refractivity contribution is 0.122. The third-order valence-corrected chi connectivity index (χ3v) is 2.20. The Morgan fingerprint density at radius 2 is 2.46 bits per heavy atom. The molecule has 0 aromatic carbocycles. The molecule has 0 amide bonds. The summed E-state index contributed by atoms with van der Waals surface area (Å²) in [5.41, 5.74) is 1.08. The highest BCUT2D eigenvalue weighted by Gasteiger charge is 2.25. The summed E-state index contributed by atoms with van der Waals surface area (Å²) in [7, 11) is 0. The Bertz CT molecular complexity index is 247. The van der Waals surface area contributed by atoms with Crippen LogP contribution in [0.25, 0.3) is 0 Å². The Hall–Kier alpha value is -0.840. The molecule has 1 aliphatic rings. The predicted octanol–water partition coefficient (Wildman–Crippen LogP) is 0.129. The Labute approximate surface area is 76.5 Å². The summed E-state index contributed by atoms with van der Waals surface area (Å²) in [6.45, 7) is 1.73. The third-order valence-electron chi connectivity index (χ3n) is 2.20. The van der Waals surface area contributed by atoms with Crippen molar-refractivity contribution in [1.82, 2.24) is 5.32 Å². The molecule has 0 radical (unpaired) electrons. The lowest BCUT2D eigenvalue weighted by Gasteiger charge is -2.13. The van der Waals surface area contributed by atoms with Crippen LogP contribution in [-0.4, -0.2) is 30.5 Å². The Balaban J connectivity index is 1.79. The zero-order valence-corrected chi connectivity index (χ0v) is 7.27. The normalized spacial score (nSPS) is 28.1. The molecule has 4 heteroatoms. The first kappa shape index (κ1) is 8.74. The fourth-order valence-electron chi connectivity index (χ4n) is 1.38. The van der Waals surface area contributed by atoms with Crippen molar-refractivity contribution in [2.75, 3.05) is 13.2 Å². The molecular formula is C9H13NO3. The Morgan fingerprint density at radius 1 is 1.54 bits per heavy atom. The molecule has 1 aliphatic heterocycles. The van der Waals surface area contributed by atoms with Crippen LogP contribution < -0.4 is 5.32 Å². The smallest absolute Gasteiger partial charge is 0.0948 e. The highest BCUT2D eigenvalue weighted by Crippen LogP contribution is 2.06. The van der Waals surface area contributed by atoms with Crippen molar-refractivity contribution < 1.29 is 14.3 Å². The van der Waals surface area contributed by atoms with Crippen molar-refractivity contribution in [2.24, 2.45) is 0 Å². The first-order chi connectivity index (χ1) is 6.36. The first-order valence-corrected chi connectivity index (χ1v) is 4.36. The van der Waals surface area contributed by atoms with E-state index < -0.39 is 0 Å². The lowest BCUT2D eigenvalue weighted by Crippen LogP contribution is -2.38. The van der Waals surface area contributed by atoms with Crippen molar-refractivity contribution in [1.29, 1.82) is 0 Å². The van der Waals surface area contributed by atoms with Crippen LogP contribution in [0.4, 0.5) is 0 Å². The monoisotopic (exact) mass is 183 g/mol. The molecule has 2 rings (SSSR count). The van der Waals surface area contributed by atoms with Gasteiger partial charge in [0.2, 0.25) is 0 Å². The maximum atomic E-state index is 9.41. The van der Waals surface area contributed by atoms with Gasteiger partial charge < -0.3 is 19.6 Å². The average Bonchev–Trinajstić information content (AvgIpc) is 2.72. The fraction of sp³-hybridized carbons (Fsp3) is 0.556. The number of aliphatic hydroxyl groups excluding tert-OH is 1. The van der Waals surface area contributed by atoms with Gasteiger partial charge in [0.1, 0.15) is 0 Å². The van der Waals surface area contributed by atoms with Crippen LogP contribution in [-0.2, 0) is 11.3 Å². The van der Waals surface area contributed by atoms with Gasteiger partial charge in [-0.25, -0.2) is 0 Å². The minimum absolute atomic E-state index is 0.0508. The minimum atomic E-state index is -0.382. The Morgan fingerprint density at radius 3 is 3.08 bits per heavy atom. The maximum absolute atomic E-state index is 9.41. The molecule has 1 aromatic heterocycles. The van der Waals surface area contributed by atoms with Gasteiger partial charge in [-0.05, 0) is 6.07 Å². The van der Waals surface area contributed by atoms with Gasteiger partial charge in [-0.1, -0.05) is 0 Å². The van der Waals surface area contributed by atoms with E-state index in [-0.39, 0.29) is 12.1 Å². The largest absolute Gasteiger partial charge is 0.472 e. The number of rotatable bonds is 3. The summed E-state index contributed by atoms with van der Waals surface area (Å²) in [5.74, 6) is 0. The maximum Gasteiger partial charge on any atom is 0.0948 e. The molecule has 0 spiro atoms. The number of ether oxygens (including phenoxy) is 1. The SMILES string of the molecule is OC1COCC1NCc1ccoc1. The van der Waals surface area contributed by atoms with Crippen LogP contribution >= 0.6 is 0 Å². The standard InChI is InChI=1S/C9H13NO3/c11-9-6-13-5-8(9)10-3-7-1-2-12-4-7/h1-2,4,8-11H,3,5-6H2.